The van der Waals surface area contributed by atoms with Crippen LogP contribution in [-0.2, 0) is 0 Å². The van der Waals surface area contributed by atoms with E-state index in [1.807, 2.05) is 11.8 Å². The number of benzene rings is 2. The monoisotopic (exact) mass is 322 g/mol. The molecule has 3 aromatic rings. The van der Waals surface area contributed by atoms with Crippen molar-refractivity contribution < 1.29 is 0 Å². The first-order chi connectivity index (χ1) is 11.4. The van der Waals surface area contributed by atoms with Crippen LogP contribution in [0.2, 0.25) is 0 Å². The molecule has 1 atom stereocenters. The van der Waals surface area contributed by atoms with Gasteiger partial charge < -0.3 is 9.88 Å². The second-order valence-corrected chi connectivity index (χ2v) is 7.13. The highest BCUT2D eigenvalue weighted by Crippen LogP contribution is 2.44. The number of thioether (sulfide) groups is 1. The Labute approximate surface area is 141 Å². The van der Waals surface area contributed by atoms with Gasteiger partial charge in [-0.1, -0.05) is 43.3 Å². The minimum absolute atomic E-state index is 0.612. The molecule has 4 rings (SSSR count). The van der Waals surface area contributed by atoms with Crippen molar-refractivity contribution in [2.75, 3.05) is 18.8 Å². The summed E-state index contributed by atoms with van der Waals surface area (Å²) in [6.07, 6.45) is 1.26. The second-order valence-electron chi connectivity index (χ2n) is 6.05. The molecule has 1 aliphatic rings. The van der Waals surface area contributed by atoms with Crippen LogP contribution in [0.25, 0.3) is 16.6 Å². The summed E-state index contributed by atoms with van der Waals surface area (Å²) in [5.74, 6) is 1.81. The Morgan fingerprint density at radius 3 is 2.70 bits per heavy atom. The molecule has 0 saturated heterocycles. The van der Waals surface area contributed by atoms with E-state index >= 15 is 0 Å². The quantitative estimate of drug-likeness (QED) is 0.741. The highest BCUT2D eigenvalue weighted by Gasteiger charge is 2.28. The molecule has 2 nitrogen and oxygen atoms in total. The third kappa shape index (κ3) is 2.58. The van der Waals surface area contributed by atoms with Crippen molar-refractivity contribution in [3.05, 3.63) is 60.2 Å². The molecular weight excluding hydrogens is 300 g/mol. The first-order valence-electron chi connectivity index (χ1n) is 8.42. The molecule has 0 aliphatic carbocycles. The Hall–Kier alpha value is -1.71. The van der Waals surface area contributed by atoms with Crippen molar-refractivity contribution in [2.24, 2.45) is 0 Å². The van der Waals surface area contributed by atoms with Crippen LogP contribution in [0.4, 0.5) is 0 Å². The van der Waals surface area contributed by atoms with Gasteiger partial charge in [-0.2, -0.15) is 0 Å². The molecule has 2 heterocycles. The lowest BCUT2D eigenvalue weighted by Crippen LogP contribution is -2.23. The van der Waals surface area contributed by atoms with Gasteiger partial charge in [0.05, 0.1) is 10.5 Å². The number of para-hydroxylation sites is 2. The fraction of sp³-hybridized carbons (Fsp3) is 0.300. The molecule has 0 bridgehead atoms. The molecule has 0 amide bonds. The van der Waals surface area contributed by atoms with Gasteiger partial charge in [-0.05, 0) is 36.7 Å². The zero-order valence-electron chi connectivity index (χ0n) is 13.5. The molecule has 1 unspecified atom stereocenters. The topological polar surface area (TPSA) is 17.0 Å². The molecule has 118 valence electrons. The van der Waals surface area contributed by atoms with Crippen LogP contribution in [-0.4, -0.2) is 23.4 Å². The van der Waals surface area contributed by atoms with Gasteiger partial charge in [-0.25, -0.2) is 0 Å². The van der Waals surface area contributed by atoms with E-state index in [1.54, 1.807) is 5.56 Å². The van der Waals surface area contributed by atoms with Gasteiger partial charge in [-0.3, -0.25) is 0 Å². The molecule has 1 N–H and O–H groups in total. The normalized spacial score (nSPS) is 17.3. The predicted octanol–water partition coefficient (Wildman–Crippen LogP) is 4.82. The van der Waals surface area contributed by atoms with Crippen LogP contribution in [0.3, 0.4) is 0 Å². The van der Waals surface area contributed by atoms with Gasteiger partial charge in [0.1, 0.15) is 0 Å². The van der Waals surface area contributed by atoms with E-state index in [9.17, 15) is 0 Å². The number of hydrogen-bond acceptors (Lipinski definition) is 2. The summed E-state index contributed by atoms with van der Waals surface area (Å²) in [6.45, 7) is 4.30. The van der Waals surface area contributed by atoms with Crippen molar-refractivity contribution in [3.63, 3.8) is 0 Å². The van der Waals surface area contributed by atoms with E-state index in [1.165, 1.54) is 33.8 Å². The molecule has 23 heavy (non-hydrogen) atoms. The molecule has 0 fully saturated rings. The zero-order chi connectivity index (χ0) is 15.6. The summed E-state index contributed by atoms with van der Waals surface area (Å²) in [5, 5.41) is 6.41. The number of hydrogen-bond donors (Lipinski definition) is 1. The van der Waals surface area contributed by atoms with Gasteiger partial charge in [0.15, 0.2) is 0 Å². The van der Waals surface area contributed by atoms with Crippen LogP contribution in [0, 0.1) is 0 Å². The van der Waals surface area contributed by atoms with Crippen molar-refractivity contribution in [1.82, 2.24) is 9.88 Å². The number of fused-ring (bicyclic) bond motifs is 3. The summed E-state index contributed by atoms with van der Waals surface area (Å²) >= 11 is 2.01. The molecular formula is C20H22N2S. The number of rotatable bonds is 4. The Morgan fingerprint density at radius 2 is 1.87 bits per heavy atom. The minimum Gasteiger partial charge on any atom is -0.316 e. The zero-order valence-corrected chi connectivity index (χ0v) is 14.3. The predicted molar refractivity (Wildman–Crippen MR) is 99.9 cm³/mol. The molecule has 3 heteroatoms. The second kappa shape index (κ2) is 6.42. The van der Waals surface area contributed by atoms with E-state index in [0.29, 0.717) is 5.92 Å². The lowest BCUT2D eigenvalue weighted by atomic mass is 9.95. The van der Waals surface area contributed by atoms with Crippen LogP contribution in [0.15, 0.2) is 59.6 Å². The Kier molecular flexibility index (Phi) is 4.15. The van der Waals surface area contributed by atoms with Gasteiger partial charge in [0, 0.05) is 29.3 Å². The molecule has 1 aliphatic heterocycles. The summed E-state index contributed by atoms with van der Waals surface area (Å²) in [4.78, 5) is 0. The van der Waals surface area contributed by atoms with Crippen molar-refractivity contribution in [2.45, 2.75) is 24.3 Å². The number of nitrogens with zero attached hydrogens (tertiary/aromatic N) is 1. The number of likely N-dealkylation sites (N-methyl/N-ethyl adjacent to an activating group) is 1. The molecule has 0 spiro atoms. The third-order valence-electron chi connectivity index (χ3n) is 4.64. The van der Waals surface area contributed by atoms with E-state index < -0.39 is 0 Å². The van der Waals surface area contributed by atoms with Crippen LogP contribution in [0.1, 0.15) is 24.8 Å². The lowest BCUT2D eigenvalue weighted by Gasteiger charge is -2.24. The summed E-state index contributed by atoms with van der Waals surface area (Å²) in [6, 6.07) is 19.6. The highest BCUT2D eigenvalue weighted by atomic mass is 32.2. The molecule has 1 aromatic heterocycles. The van der Waals surface area contributed by atoms with Gasteiger partial charge in [0.25, 0.3) is 0 Å². The maximum Gasteiger partial charge on any atom is 0.0841 e. The van der Waals surface area contributed by atoms with Crippen LogP contribution in [0.5, 0.6) is 0 Å². The smallest absolute Gasteiger partial charge is 0.0841 e. The van der Waals surface area contributed by atoms with E-state index in [4.69, 9.17) is 0 Å². The van der Waals surface area contributed by atoms with Gasteiger partial charge in [-0.15, -0.1) is 11.8 Å². The van der Waals surface area contributed by atoms with Crippen LogP contribution < -0.4 is 5.32 Å². The van der Waals surface area contributed by atoms with Crippen molar-refractivity contribution in [3.8, 4) is 5.69 Å². The summed E-state index contributed by atoms with van der Waals surface area (Å²) in [7, 11) is 0. The molecule has 0 radical (unpaired) electrons. The van der Waals surface area contributed by atoms with E-state index in [-0.39, 0.29) is 0 Å². The average Bonchev–Trinajstić information content (AvgIpc) is 2.95. The maximum atomic E-state index is 3.55. The summed E-state index contributed by atoms with van der Waals surface area (Å²) in [5.41, 5.74) is 4.14. The minimum atomic E-state index is 0.612. The van der Waals surface area contributed by atoms with Crippen molar-refractivity contribution in [1.29, 1.82) is 0 Å². The van der Waals surface area contributed by atoms with E-state index in [0.717, 1.165) is 13.1 Å². The van der Waals surface area contributed by atoms with Crippen LogP contribution >= 0.6 is 11.8 Å². The van der Waals surface area contributed by atoms with Crippen molar-refractivity contribution >= 4 is 22.7 Å². The largest absolute Gasteiger partial charge is 0.316 e. The van der Waals surface area contributed by atoms with Gasteiger partial charge >= 0.3 is 0 Å². The van der Waals surface area contributed by atoms with Gasteiger partial charge in [0.2, 0.25) is 0 Å². The number of aromatic nitrogens is 1. The average molecular weight is 322 g/mol. The third-order valence-corrected chi connectivity index (χ3v) is 5.75. The first kappa shape index (κ1) is 14.9. The maximum absolute atomic E-state index is 3.55. The fourth-order valence-electron chi connectivity index (χ4n) is 3.58. The Morgan fingerprint density at radius 1 is 1.09 bits per heavy atom. The SMILES string of the molecule is CCNCC1CCSc2c1c1ccccc1n2-c1ccccc1. The Bertz CT molecular complexity index is 807. The highest BCUT2D eigenvalue weighted by molar-refractivity contribution is 7.99. The Balaban J connectivity index is 1.94. The molecule has 0 saturated carbocycles. The molecule has 2 aromatic carbocycles. The standard InChI is InChI=1S/C20H22N2S/c1-2-21-14-15-12-13-23-20-19(15)17-10-6-7-11-18(17)22(20)16-8-4-3-5-9-16/h3-11,15,21H,2,12-14H2,1H3. The van der Waals surface area contributed by atoms with E-state index in [2.05, 4.69) is 71.4 Å². The first-order valence-corrected chi connectivity index (χ1v) is 9.41. The number of nitrogens with one attached hydrogen (secondary N) is 1. The lowest BCUT2D eigenvalue weighted by molar-refractivity contribution is 0.573. The summed E-state index contributed by atoms with van der Waals surface area (Å²) < 4.78 is 2.45. The fourth-order valence-corrected chi connectivity index (χ4v) is 4.94.